The van der Waals surface area contributed by atoms with E-state index in [1.807, 2.05) is 0 Å². The Kier molecular flexibility index (Phi) is 1.89. The molecule has 1 fully saturated rings. The van der Waals surface area contributed by atoms with Crippen LogP contribution in [0.4, 0.5) is 4.39 Å². The molecule has 0 heterocycles. The maximum absolute atomic E-state index is 12.8. The molecule has 14 heavy (non-hydrogen) atoms. The largest absolute Gasteiger partial charge is 0.504 e. The predicted octanol–water partition coefficient (Wildman–Crippen LogP) is 1.27. The van der Waals surface area contributed by atoms with E-state index in [9.17, 15) is 9.50 Å². The van der Waals surface area contributed by atoms with Crippen LogP contribution in [0.3, 0.4) is 0 Å². The summed E-state index contributed by atoms with van der Waals surface area (Å²) in [6.45, 7) is 0. The number of halogens is 1. The second kappa shape index (κ2) is 2.85. The van der Waals surface area contributed by atoms with Crippen molar-refractivity contribution in [3.05, 3.63) is 23.5 Å². The Hall–Kier alpha value is -1.29. The monoisotopic (exact) mass is 197 g/mol. The number of hydrogen-bond acceptors (Lipinski definition) is 3. The van der Waals surface area contributed by atoms with Gasteiger partial charge in [-0.3, -0.25) is 0 Å². The van der Waals surface area contributed by atoms with Gasteiger partial charge in [-0.2, -0.15) is 0 Å². The minimum Gasteiger partial charge on any atom is -0.504 e. The normalized spacial score (nSPS) is 18.1. The summed E-state index contributed by atoms with van der Waals surface area (Å²) < 4.78 is 12.8. The highest BCUT2D eigenvalue weighted by atomic mass is 19.1. The van der Waals surface area contributed by atoms with Crippen LogP contribution in [0.25, 0.3) is 0 Å². The molecule has 4 N–H and O–H groups in total. The summed E-state index contributed by atoms with van der Waals surface area (Å²) in [5, 5.41) is 18.6. The number of rotatable bonds is 2. The van der Waals surface area contributed by atoms with Crippen LogP contribution in [0.15, 0.2) is 12.1 Å². The van der Waals surface area contributed by atoms with Crippen LogP contribution < -0.4 is 5.73 Å². The molecule has 76 valence electrons. The van der Waals surface area contributed by atoms with E-state index in [-0.39, 0.29) is 11.3 Å². The summed E-state index contributed by atoms with van der Waals surface area (Å²) in [6.07, 6.45) is 2.29. The molecule has 4 heteroatoms. The van der Waals surface area contributed by atoms with Crippen molar-refractivity contribution in [1.29, 1.82) is 0 Å². The van der Waals surface area contributed by atoms with Gasteiger partial charge in [-0.25, -0.2) is 4.39 Å². The number of phenolic OH excluding ortho intramolecular Hbond substituents is 2. The van der Waals surface area contributed by atoms with E-state index in [2.05, 4.69) is 0 Å². The second-order valence-electron chi connectivity index (χ2n) is 3.94. The van der Waals surface area contributed by atoms with Crippen LogP contribution in [0, 0.1) is 5.82 Å². The SMILES string of the molecule is NC1(Cc2ccc(F)c(O)c2O)CC1. The van der Waals surface area contributed by atoms with Gasteiger partial charge in [-0.15, -0.1) is 0 Å². The lowest BCUT2D eigenvalue weighted by Crippen LogP contribution is -2.24. The lowest BCUT2D eigenvalue weighted by atomic mass is 10.0. The van der Waals surface area contributed by atoms with Crippen LogP contribution in [0.1, 0.15) is 18.4 Å². The Morgan fingerprint density at radius 3 is 2.50 bits per heavy atom. The van der Waals surface area contributed by atoms with Gasteiger partial charge in [0.2, 0.25) is 0 Å². The Labute approximate surface area is 81.0 Å². The van der Waals surface area contributed by atoms with Crippen molar-refractivity contribution in [3.8, 4) is 11.5 Å². The van der Waals surface area contributed by atoms with Gasteiger partial charge in [-0.1, -0.05) is 6.07 Å². The summed E-state index contributed by atoms with van der Waals surface area (Å²) in [4.78, 5) is 0. The molecule has 3 nitrogen and oxygen atoms in total. The van der Waals surface area contributed by atoms with Crippen LogP contribution in [-0.4, -0.2) is 15.8 Å². The Bertz CT molecular complexity index is 375. The molecule has 0 spiro atoms. The quantitative estimate of drug-likeness (QED) is 0.625. The molecule has 0 saturated heterocycles. The average Bonchev–Trinajstić information content (AvgIpc) is 2.86. The Morgan fingerprint density at radius 1 is 1.29 bits per heavy atom. The number of aromatic hydroxyl groups is 2. The smallest absolute Gasteiger partial charge is 0.194 e. The fraction of sp³-hybridized carbons (Fsp3) is 0.400. The first-order valence-corrected chi connectivity index (χ1v) is 4.50. The third kappa shape index (κ3) is 1.53. The fourth-order valence-electron chi connectivity index (χ4n) is 1.46. The molecule has 1 aromatic carbocycles. The van der Waals surface area contributed by atoms with Gasteiger partial charge in [0, 0.05) is 5.54 Å². The van der Waals surface area contributed by atoms with Crippen molar-refractivity contribution in [1.82, 2.24) is 0 Å². The zero-order valence-corrected chi connectivity index (χ0v) is 7.63. The maximum Gasteiger partial charge on any atom is 0.194 e. The van der Waals surface area contributed by atoms with Gasteiger partial charge >= 0.3 is 0 Å². The second-order valence-corrected chi connectivity index (χ2v) is 3.94. The summed E-state index contributed by atoms with van der Waals surface area (Å²) >= 11 is 0. The van der Waals surface area contributed by atoms with Crippen LogP contribution in [0.5, 0.6) is 11.5 Å². The zero-order chi connectivity index (χ0) is 10.3. The number of phenols is 2. The highest BCUT2D eigenvalue weighted by Gasteiger charge is 2.38. The van der Waals surface area contributed by atoms with Crippen molar-refractivity contribution >= 4 is 0 Å². The van der Waals surface area contributed by atoms with Crippen molar-refractivity contribution in [3.63, 3.8) is 0 Å². The summed E-state index contributed by atoms with van der Waals surface area (Å²) in [7, 11) is 0. The highest BCUT2D eigenvalue weighted by Crippen LogP contribution is 2.40. The van der Waals surface area contributed by atoms with Crippen molar-refractivity contribution in [2.24, 2.45) is 5.73 Å². The Morgan fingerprint density at radius 2 is 1.93 bits per heavy atom. The van der Waals surface area contributed by atoms with Crippen molar-refractivity contribution in [2.45, 2.75) is 24.8 Å². The first kappa shape index (κ1) is 9.27. The fourth-order valence-corrected chi connectivity index (χ4v) is 1.46. The minimum absolute atomic E-state index is 0.262. The van der Waals surface area contributed by atoms with Crippen LogP contribution in [-0.2, 0) is 6.42 Å². The minimum atomic E-state index is -0.812. The molecule has 0 radical (unpaired) electrons. The molecule has 0 atom stereocenters. The molecule has 1 aromatic rings. The molecular formula is C10H12FNO2. The van der Waals surface area contributed by atoms with Crippen LogP contribution in [0.2, 0.25) is 0 Å². The lowest BCUT2D eigenvalue weighted by Gasteiger charge is -2.11. The van der Waals surface area contributed by atoms with Gasteiger partial charge < -0.3 is 15.9 Å². The number of benzene rings is 1. The van der Waals surface area contributed by atoms with Gasteiger partial charge in [0.25, 0.3) is 0 Å². The summed E-state index contributed by atoms with van der Waals surface area (Å²) in [6, 6.07) is 2.59. The predicted molar refractivity (Wildman–Crippen MR) is 49.6 cm³/mol. The standard InChI is InChI=1S/C10H12FNO2/c11-7-2-1-6(8(13)9(7)14)5-10(12)3-4-10/h1-2,13-14H,3-5,12H2. The van der Waals surface area contributed by atoms with Gasteiger partial charge in [-0.05, 0) is 30.9 Å². The molecule has 0 bridgehead atoms. The van der Waals surface area contributed by atoms with E-state index in [0.717, 1.165) is 18.9 Å². The van der Waals surface area contributed by atoms with E-state index in [1.54, 1.807) is 0 Å². The Balaban J connectivity index is 2.30. The number of hydrogen-bond donors (Lipinski definition) is 3. The topological polar surface area (TPSA) is 66.5 Å². The molecule has 0 aromatic heterocycles. The van der Waals surface area contributed by atoms with E-state index >= 15 is 0 Å². The van der Waals surface area contributed by atoms with Gasteiger partial charge in [0.1, 0.15) is 0 Å². The van der Waals surface area contributed by atoms with E-state index in [0.29, 0.717) is 12.0 Å². The highest BCUT2D eigenvalue weighted by molar-refractivity contribution is 5.46. The van der Waals surface area contributed by atoms with E-state index in [4.69, 9.17) is 10.8 Å². The summed E-state index contributed by atoms with van der Waals surface area (Å²) in [5.74, 6) is -1.89. The molecule has 2 rings (SSSR count). The average molecular weight is 197 g/mol. The summed E-state index contributed by atoms with van der Waals surface area (Å²) in [5.41, 5.74) is 6.09. The first-order valence-electron chi connectivity index (χ1n) is 4.50. The van der Waals surface area contributed by atoms with E-state index < -0.39 is 11.6 Å². The van der Waals surface area contributed by atoms with Crippen LogP contribution >= 0.6 is 0 Å². The number of nitrogens with two attached hydrogens (primary N) is 1. The first-order chi connectivity index (χ1) is 6.52. The van der Waals surface area contributed by atoms with E-state index in [1.165, 1.54) is 6.07 Å². The van der Waals surface area contributed by atoms with Gasteiger partial charge in [0.15, 0.2) is 17.3 Å². The molecule has 1 aliphatic rings. The molecule has 1 aliphatic carbocycles. The van der Waals surface area contributed by atoms with Crippen molar-refractivity contribution in [2.75, 3.05) is 0 Å². The molecule has 1 saturated carbocycles. The molecule has 0 unspecified atom stereocenters. The van der Waals surface area contributed by atoms with Crippen molar-refractivity contribution < 1.29 is 14.6 Å². The third-order valence-corrected chi connectivity index (χ3v) is 2.62. The zero-order valence-electron chi connectivity index (χ0n) is 7.63. The molecule has 0 amide bonds. The molecular weight excluding hydrogens is 185 g/mol. The van der Waals surface area contributed by atoms with Gasteiger partial charge in [0.05, 0.1) is 0 Å². The molecule has 0 aliphatic heterocycles. The third-order valence-electron chi connectivity index (χ3n) is 2.62. The maximum atomic E-state index is 12.8. The lowest BCUT2D eigenvalue weighted by molar-refractivity contribution is 0.374.